The first-order valence-corrected chi connectivity index (χ1v) is 13.4. The van der Waals surface area contributed by atoms with Gasteiger partial charge in [0, 0.05) is 24.2 Å². The highest BCUT2D eigenvalue weighted by Crippen LogP contribution is 2.44. The van der Waals surface area contributed by atoms with E-state index >= 15 is 0 Å². The van der Waals surface area contributed by atoms with Crippen LogP contribution >= 0.6 is 11.6 Å². The zero-order valence-corrected chi connectivity index (χ0v) is 19.9. The molecule has 7 rings (SSSR count). The van der Waals surface area contributed by atoms with E-state index in [9.17, 15) is 9.32 Å². The normalized spacial score (nSPS) is 27.5. The van der Waals surface area contributed by atoms with Crippen LogP contribution in [-0.4, -0.2) is 59.2 Å². The molecule has 8 nitrogen and oxygen atoms in total. The Morgan fingerprint density at radius 3 is 2.70 bits per heavy atom. The van der Waals surface area contributed by atoms with Crippen LogP contribution in [-0.2, 0) is 17.2 Å². The number of aliphatic hydroxyl groups is 1. The summed E-state index contributed by atoms with van der Waals surface area (Å²) in [6, 6.07) is 0.475. The van der Waals surface area contributed by atoms with Crippen molar-refractivity contribution in [1.29, 1.82) is 0 Å². The predicted molar refractivity (Wildman–Crippen MR) is 128 cm³/mol. The van der Waals surface area contributed by atoms with Crippen molar-refractivity contribution < 1.29 is 9.32 Å². The molecule has 5 aliphatic rings. The molecule has 2 bridgehead atoms. The summed E-state index contributed by atoms with van der Waals surface area (Å²) >= 11 is 5.94. The second kappa shape index (κ2) is 8.29. The summed E-state index contributed by atoms with van der Waals surface area (Å²) in [6.07, 6.45) is 12.9. The second-order valence-electron chi connectivity index (χ2n) is 9.56. The summed E-state index contributed by atoms with van der Waals surface area (Å²) in [5.74, 6) is 2.71. The number of nitrogens with zero attached hydrogens (tertiary/aromatic N) is 5. The molecule has 0 amide bonds. The lowest BCUT2D eigenvalue weighted by Crippen LogP contribution is -2.58. The first-order valence-electron chi connectivity index (χ1n) is 11.7. The Morgan fingerprint density at radius 2 is 2.03 bits per heavy atom. The Bertz CT molecular complexity index is 1130. The van der Waals surface area contributed by atoms with E-state index in [-0.39, 0.29) is 24.2 Å². The number of nitrogens with one attached hydrogen (secondary N) is 1. The Balaban J connectivity index is 1.35. The predicted octanol–water partition coefficient (Wildman–Crippen LogP) is 3.13. The SMILES string of the molecule is O=[S@@]1CCCCc2nc(N3C4C=C(c5ncc(Cl)cn5)CC3C4)nc(NC3(CO)CCC3)c21. The van der Waals surface area contributed by atoms with Gasteiger partial charge in [0.15, 0.2) is 5.82 Å². The van der Waals surface area contributed by atoms with E-state index in [2.05, 4.69) is 26.3 Å². The van der Waals surface area contributed by atoms with Crippen LogP contribution in [0.2, 0.25) is 5.02 Å². The van der Waals surface area contributed by atoms with Gasteiger partial charge in [0.05, 0.1) is 39.7 Å². The molecule has 1 saturated carbocycles. The molecule has 2 N–H and O–H groups in total. The van der Waals surface area contributed by atoms with Crippen LogP contribution in [0.25, 0.3) is 5.57 Å². The monoisotopic (exact) mass is 486 g/mol. The van der Waals surface area contributed by atoms with Gasteiger partial charge in [0.2, 0.25) is 5.95 Å². The molecule has 2 aromatic rings. The molecule has 0 aromatic carbocycles. The molecule has 2 fully saturated rings. The van der Waals surface area contributed by atoms with Gasteiger partial charge in [-0.2, -0.15) is 4.98 Å². The largest absolute Gasteiger partial charge is 0.394 e. The molecule has 33 heavy (non-hydrogen) atoms. The molecular weight excluding hydrogens is 460 g/mol. The Morgan fingerprint density at radius 1 is 1.21 bits per heavy atom. The molecule has 2 aromatic heterocycles. The molecule has 174 valence electrons. The van der Waals surface area contributed by atoms with Crippen molar-refractivity contribution in [3.63, 3.8) is 0 Å². The number of fused-ring (bicyclic) bond motifs is 2. The fraction of sp³-hybridized carbons (Fsp3) is 0.565. The fourth-order valence-corrected chi connectivity index (χ4v) is 6.87. The maximum Gasteiger partial charge on any atom is 0.228 e. The van der Waals surface area contributed by atoms with Crippen LogP contribution in [0, 0.1) is 0 Å². The Kier molecular flexibility index (Phi) is 5.38. The van der Waals surface area contributed by atoms with Gasteiger partial charge in [-0.1, -0.05) is 17.7 Å². The summed E-state index contributed by atoms with van der Waals surface area (Å²) in [5.41, 5.74) is 1.66. The van der Waals surface area contributed by atoms with Crippen molar-refractivity contribution in [3.05, 3.63) is 35.0 Å². The van der Waals surface area contributed by atoms with Crippen molar-refractivity contribution in [2.75, 3.05) is 22.6 Å². The third-order valence-electron chi connectivity index (χ3n) is 7.39. The number of halogens is 1. The van der Waals surface area contributed by atoms with E-state index in [1.165, 1.54) is 0 Å². The first kappa shape index (κ1) is 21.4. The highest BCUT2D eigenvalue weighted by Gasteiger charge is 2.45. The lowest BCUT2D eigenvalue weighted by atomic mass is 9.77. The highest BCUT2D eigenvalue weighted by atomic mass is 35.5. The van der Waals surface area contributed by atoms with Crippen molar-refractivity contribution in [3.8, 4) is 0 Å². The van der Waals surface area contributed by atoms with Gasteiger partial charge in [-0.15, -0.1) is 0 Å². The molecule has 1 saturated heterocycles. The minimum Gasteiger partial charge on any atom is -0.394 e. The van der Waals surface area contributed by atoms with Crippen molar-refractivity contribution in [1.82, 2.24) is 19.9 Å². The van der Waals surface area contributed by atoms with Crippen molar-refractivity contribution in [2.45, 2.75) is 73.9 Å². The third-order valence-corrected chi connectivity index (χ3v) is 9.13. The van der Waals surface area contributed by atoms with Gasteiger partial charge >= 0.3 is 0 Å². The van der Waals surface area contributed by atoms with E-state index in [0.29, 0.717) is 22.5 Å². The third kappa shape index (κ3) is 3.74. The molecule has 3 atom stereocenters. The summed E-state index contributed by atoms with van der Waals surface area (Å²) in [7, 11) is -1.13. The fourth-order valence-electron chi connectivity index (χ4n) is 5.38. The molecule has 10 heteroatoms. The molecule has 2 aliphatic carbocycles. The smallest absolute Gasteiger partial charge is 0.228 e. The number of rotatable bonds is 5. The molecule has 0 spiro atoms. The summed E-state index contributed by atoms with van der Waals surface area (Å²) in [6.45, 7) is 0.0515. The average molecular weight is 487 g/mol. The van der Waals surface area contributed by atoms with Gasteiger partial charge in [-0.3, -0.25) is 4.21 Å². The topological polar surface area (TPSA) is 104 Å². The second-order valence-corrected chi connectivity index (χ2v) is 11.5. The molecular formula is C23H27ClN6O2S. The minimum atomic E-state index is -1.13. The first-order chi connectivity index (χ1) is 16.0. The van der Waals surface area contributed by atoms with E-state index in [1.807, 2.05) is 0 Å². The van der Waals surface area contributed by atoms with Crippen molar-refractivity contribution >= 4 is 39.7 Å². The van der Waals surface area contributed by atoms with E-state index in [1.54, 1.807) is 12.4 Å². The lowest BCUT2D eigenvalue weighted by Gasteiger charge is -2.51. The van der Waals surface area contributed by atoms with Gasteiger partial charge in [-0.05, 0) is 56.9 Å². The minimum absolute atomic E-state index is 0.0515. The van der Waals surface area contributed by atoms with Crippen LogP contribution in [0.4, 0.5) is 11.8 Å². The maximum absolute atomic E-state index is 13.1. The van der Waals surface area contributed by atoms with E-state index < -0.39 is 10.8 Å². The lowest BCUT2D eigenvalue weighted by molar-refractivity contribution is 0.143. The number of anilines is 2. The van der Waals surface area contributed by atoms with E-state index in [0.717, 1.165) is 73.4 Å². The van der Waals surface area contributed by atoms with Gasteiger partial charge < -0.3 is 15.3 Å². The molecule has 2 unspecified atom stereocenters. The van der Waals surface area contributed by atoms with Crippen LogP contribution in [0.3, 0.4) is 0 Å². The summed E-state index contributed by atoms with van der Waals surface area (Å²) < 4.78 is 13.1. The maximum atomic E-state index is 13.1. The number of hydrogen-bond donors (Lipinski definition) is 2. The van der Waals surface area contributed by atoms with Crippen LogP contribution in [0.1, 0.15) is 56.5 Å². The van der Waals surface area contributed by atoms with Gasteiger partial charge in [0.1, 0.15) is 10.7 Å². The molecule has 5 heterocycles. The number of aromatic nitrogens is 4. The Hall–Kier alpha value is -2.10. The van der Waals surface area contributed by atoms with Crippen molar-refractivity contribution in [2.24, 2.45) is 0 Å². The molecule has 0 radical (unpaired) electrons. The van der Waals surface area contributed by atoms with E-state index in [4.69, 9.17) is 21.6 Å². The van der Waals surface area contributed by atoms with Gasteiger partial charge in [-0.25, -0.2) is 15.0 Å². The Labute approximate surface area is 200 Å². The quantitative estimate of drug-likeness (QED) is 0.664. The van der Waals surface area contributed by atoms with Crippen LogP contribution < -0.4 is 10.2 Å². The van der Waals surface area contributed by atoms with Gasteiger partial charge in [0.25, 0.3) is 0 Å². The molecule has 3 aliphatic heterocycles. The zero-order valence-electron chi connectivity index (χ0n) is 18.3. The standard InChI is InChI=1S/C23H27ClN6O2S/c24-15-11-25-20(26-12-15)14-8-16-10-17(9-14)30(16)22-27-18-4-1-2-7-33(32)19(18)21(28-22)29-23(13-31)5-3-6-23/h8,11-12,16-17,31H,1-7,9-10,13H2,(H,27,28,29)/t16?,17?,33-/m1/s1. The zero-order chi connectivity index (χ0) is 22.6. The highest BCUT2D eigenvalue weighted by molar-refractivity contribution is 7.85. The van der Waals surface area contributed by atoms with Crippen LogP contribution in [0.15, 0.2) is 23.4 Å². The number of aliphatic hydroxyl groups excluding tert-OH is 1. The summed E-state index contributed by atoms with van der Waals surface area (Å²) in [5, 5.41) is 14.1. The average Bonchev–Trinajstić information content (AvgIpc) is 2.98. The number of hydrogen-bond acceptors (Lipinski definition) is 8. The number of aryl methyl sites for hydroxylation is 1. The summed E-state index contributed by atoms with van der Waals surface area (Å²) in [4.78, 5) is 21.6. The van der Waals surface area contributed by atoms with Crippen LogP contribution in [0.5, 0.6) is 0 Å².